The molecule has 0 spiro atoms. The van der Waals surface area contributed by atoms with Gasteiger partial charge >= 0.3 is 0 Å². The van der Waals surface area contributed by atoms with Gasteiger partial charge in [0.25, 0.3) is 0 Å². The number of aromatic nitrogens is 2. The number of hydrogen-bond donors (Lipinski definition) is 0. The number of hydrogen-bond acceptors (Lipinski definition) is 4. The van der Waals surface area contributed by atoms with E-state index in [4.69, 9.17) is 0 Å². The second-order valence-electron chi connectivity index (χ2n) is 11.6. The highest BCUT2D eigenvalue weighted by Crippen LogP contribution is 2.36. The summed E-state index contributed by atoms with van der Waals surface area (Å²) in [5.41, 5.74) is 16.2. The number of nitrogens with zero attached hydrogens (tertiary/aromatic N) is 4. The highest BCUT2D eigenvalue weighted by Gasteiger charge is 2.13. The van der Waals surface area contributed by atoms with Gasteiger partial charge in [0.15, 0.2) is 0 Å². The monoisotopic (exact) mass is 612 g/mol. The Morgan fingerprint density at radius 2 is 1.21 bits per heavy atom. The molecule has 0 amide bonds. The third-order valence-electron chi connectivity index (χ3n) is 7.93. The summed E-state index contributed by atoms with van der Waals surface area (Å²) in [6.07, 6.45) is 16.9. The van der Waals surface area contributed by atoms with Crippen molar-refractivity contribution in [3.63, 3.8) is 0 Å². The lowest BCUT2D eigenvalue weighted by atomic mass is 9.89. The summed E-state index contributed by atoms with van der Waals surface area (Å²) < 4.78 is 0. The van der Waals surface area contributed by atoms with Crippen molar-refractivity contribution in [2.75, 3.05) is 7.05 Å². The first-order valence-electron chi connectivity index (χ1n) is 15.7. The lowest BCUT2D eigenvalue weighted by Gasteiger charge is -2.15. The number of aryl methyl sites for hydroxylation is 3. The lowest BCUT2D eigenvalue weighted by molar-refractivity contribution is 1.20. The molecule has 0 aliphatic heterocycles. The molecule has 0 unspecified atom stereocenters. The largest absolute Gasteiger partial charge is 0.296 e. The maximum Gasteiger partial charge on any atom is 0.0373 e. The first kappa shape index (κ1) is 32.6. The summed E-state index contributed by atoms with van der Waals surface area (Å²) in [5.74, 6) is 0. The minimum atomic E-state index is 0.977. The van der Waals surface area contributed by atoms with Crippen molar-refractivity contribution < 1.29 is 0 Å². The fraction of sp³-hybridized carbons (Fsp3) is 0.116. The fourth-order valence-electron chi connectivity index (χ4n) is 5.65. The average Bonchev–Trinajstić information content (AvgIpc) is 3.08. The molecule has 2 heterocycles. The van der Waals surface area contributed by atoms with Gasteiger partial charge in [0, 0.05) is 61.1 Å². The first-order chi connectivity index (χ1) is 22.8. The Labute approximate surface area is 279 Å². The van der Waals surface area contributed by atoms with E-state index in [2.05, 4.69) is 126 Å². The molecule has 4 nitrogen and oxygen atoms in total. The summed E-state index contributed by atoms with van der Waals surface area (Å²) in [4.78, 5) is 17.7. The molecule has 3 aromatic carbocycles. The Kier molecular flexibility index (Phi) is 10.4. The molecular formula is C43H40N4. The number of pyridine rings is 2. The minimum Gasteiger partial charge on any atom is -0.296 e. The van der Waals surface area contributed by atoms with E-state index < -0.39 is 0 Å². The van der Waals surface area contributed by atoms with Gasteiger partial charge in [-0.25, -0.2) is 0 Å². The molecule has 47 heavy (non-hydrogen) atoms. The van der Waals surface area contributed by atoms with Crippen molar-refractivity contribution in [1.29, 1.82) is 0 Å². The van der Waals surface area contributed by atoms with Crippen LogP contribution < -0.4 is 0 Å². The van der Waals surface area contributed by atoms with Crippen LogP contribution in [0.1, 0.15) is 34.9 Å². The van der Waals surface area contributed by atoms with Crippen molar-refractivity contribution in [2.45, 2.75) is 27.7 Å². The van der Waals surface area contributed by atoms with Gasteiger partial charge in [-0.15, -0.1) is 0 Å². The summed E-state index contributed by atoms with van der Waals surface area (Å²) >= 11 is 0. The smallest absolute Gasteiger partial charge is 0.0373 e. The molecule has 4 heteroatoms. The molecule has 5 aromatic rings. The molecule has 0 saturated heterocycles. The van der Waals surface area contributed by atoms with Crippen LogP contribution in [-0.2, 0) is 0 Å². The van der Waals surface area contributed by atoms with E-state index in [0.29, 0.717) is 0 Å². The van der Waals surface area contributed by atoms with Gasteiger partial charge in [-0.05, 0) is 149 Å². The van der Waals surface area contributed by atoms with Crippen LogP contribution in [0.3, 0.4) is 0 Å². The first-order valence-corrected chi connectivity index (χ1v) is 15.7. The number of aliphatic imine (C=N–C) groups is 2. The Morgan fingerprint density at radius 3 is 1.79 bits per heavy atom. The summed E-state index contributed by atoms with van der Waals surface area (Å²) in [6, 6.07) is 26.5. The molecule has 0 atom stereocenters. The van der Waals surface area contributed by atoms with E-state index in [9.17, 15) is 0 Å². The van der Waals surface area contributed by atoms with Crippen molar-refractivity contribution in [3.8, 4) is 44.5 Å². The highest BCUT2D eigenvalue weighted by molar-refractivity contribution is 6.13. The van der Waals surface area contributed by atoms with E-state index in [1.54, 1.807) is 19.3 Å². The van der Waals surface area contributed by atoms with Gasteiger partial charge in [0.1, 0.15) is 0 Å². The van der Waals surface area contributed by atoms with Gasteiger partial charge in [0.05, 0.1) is 0 Å². The van der Waals surface area contributed by atoms with Crippen LogP contribution in [0.2, 0.25) is 0 Å². The Balaban J connectivity index is 1.73. The second kappa shape index (κ2) is 15.0. The predicted octanol–water partition coefficient (Wildman–Crippen LogP) is 11.0. The predicted molar refractivity (Wildman–Crippen MR) is 203 cm³/mol. The quantitative estimate of drug-likeness (QED) is 0.116. The van der Waals surface area contributed by atoms with E-state index in [-0.39, 0.29) is 0 Å². The molecule has 232 valence electrons. The van der Waals surface area contributed by atoms with Crippen molar-refractivity contribution in [3.05, 3.63) is 157 Å². The van der Waals surface area contributed by atoms with E-state index in [0.717, 1.165) is 78.0 Å². The minimum absolute atomic E-state index is 0.977. The molecular weight excluding hydrogens is 573 g/mol. The lowest BCUT2D eigenvalue weighted by Crippen LogP contribution is -1.95. The third kappa shape index (κ3) is 7.92. The molecule has 0 saturated carbocycles. The van der Waals surface area contributed by atoms with Gasteiger partial charge in [-0.2, -0.15) is 0 Å². The van der Waals surface area contributed by atoms with Crippen LogP contribution >= 0.6 is 0 Å². The zero-order valence-electron chi connectivity index (χ0n) is 27.8. The maximum atomic E-state index is 4.59. The van der Waals surface area contributed by atoms with Gasteiger partial charge in [0.2, 0.25) is 0 Å². The molecule has 0 N–H and O–H groups in total. The van der Waals surface area contributed by atoms with Crippen LogP contribution in [0, 0.1) is 20.8 Å². The number of benzene rings is 3. The van der Waals surface area contributed by atoms with Crippen LogP contribution in [0.25, 0.3) is 55.7 Å². The molecule has 0 fully saturated rings. The Hall–Kier alpha value is -5.74. The second-order valence-corrected chi connectivity index (χ2v) is 11.6. The van der Waals surface area contributed by atoms with Crippen LogP contribution in [0.5, 0.6) is 0 Å². The fourth-order valence-corrected chi connectivity index (χ4v) is 5.65. The zero-order valence-corrected chi connectivity index (χ0v) is 27.8. The standard InChI is InChI=1S/C43H40N4/c1-8-11-33(25-44-7)38-18-37(32(9-2)26-45-10-3)19-40(20-38)35-14-29(4)15-36(17-35)41-21-39(34-13-12-31(6)47-28-34)22-42(23-41)43-16-30(5)24-46-27-43/h8-28H,1,3H2,2,4-7H3/b32-9+,33-11+,44-25?,45-26?. The van der Waals surface area contributed by atoms with Crippen molar-refractivity contribution in [1.82, 2.24) is 9.97 Å². The molecule has 5 rings (SSSR count). The van der Waals surface area contributed by atoms with Crippen molar-refractivity contribution in [2.24, 2.45) is 9.98 Å². The summed E-state index contributed by atoms with van der Waals surface area (Å²) in [6.45, 7) is 16.0. The summed E-state index contributed by atoms with van der Waals surface area (Å²) in [7, 11) is 1.78. The van der Waals surface area contributed by atoms with Gasteiger partial charge in [-0.1, -0.05) is 49.6 Å². The van der Waals surface area contributed by atoms with Gasteiger partial charge < -0.3 is 0 Å². The zero-order chi connectivity index (χ0) is 33.3. The highest BCUT2D eigenvalue weighted by atomic mass is 14.7. The molecule has 2 aromatic heterocycles. The average molecular weight is 613 g/mol. The normalized spacial score (nSPS) is 12.2. The summed E-state index contributed by atoms with van der Waals surface area (Å²) in [5, 5.41) is 0. The van der Waals surface area contributed by atoms with Gasteiger partial charge in [-0.3, -0.25) is 20.0 Å². The molecule has 0 radical (unpaired) electrons. The van der Waals surface area contributed by atoms with Crippen LogP contribution in [0.15, 0.2) is 139 Å². The van der Waals surface area contributed by atoms with E-state index in [1.165, 1.54) is 5.56 Å². The van der Waals surface area contributed by atoms with Crippen LogP contribution in [-0.4, -0.2) is 29.4 Å². The number of rotatable bonds is 10. The topological polar surface area (TPSA) is 50.5 Å². The SMILES string of the molecule is C=C/C=C(\C=NC)c1cc(/C(C=NC=C)=C/C)cc(-c2cc(C)cc(-c3cc(-c4ccc(C)nc4)cc(-c4cncc(C)c4)c3)c2)c1. The van der Waals surface area contributed by atoms with E-state index >= 15 is 0 Å². The molecule has 0 bridgehead atoms. The van der Waals surface area contributed by atoms with E-state index in [1.807, 2.05) is 50.9 Å². The van der Waals surface area contributed by atoms with Crippen molar-refractivity contribution >= 4 is 23.6 Å². The number of allylic oxidation sites excluding steroid dienone is 5. The molecule has 0 aliphatic carbocycles. The Morgan fingerprint density at radius 1 is 0.617 bits per heavy atom. The Bertz CT molecular complexity index is 2060. The van der Waals surface area contributed by atoms with Crippen LogP contribution in [0.4, 0.5) is 0 Å². The molecule has 0 aliphatic rings. The third-order valence-corrected chi connectivity index (χ3v) is 7.93. The maximum absolute atomic E-state index is 4.59.